The van der Waals surface area contributed by atoms with E-state index in [1.54, 1.807) is 16.7 Å². The number of aromatic nitrogens is 3. The lowest BCUT2D eigenvalue weighted by molar-refractivity contribution is -0.644. The Labute approximate surface area is 135 Å². The highest BCUT2D eigenvalue weighted by molar-refractivity contribution is 6.01. The number of nitro benzene ring substituents is 1. The van der Waals surface area contributed by atoms with Gasteiger partial charge in [-0.25, -0.2) is 4.68 Å². The van der Waals surface area contributed by atoms with Crippen molar-refractivity contribution in [1.82, 2.24) is 9.78 Å². The van der Waals surface area contributed by atoms with E-state index in [9.17, 15) is 14.9 Å². The van der Waals surface area contributed by atoms with E-state index < -0.39 is 4.92 Å². The smallest absolute Gasteiger partial charge is 0.284 e. The minimum absolute atomic E-state index is 0.0149. The van der Waals surface area contributed by atoms with E-state index >= 15 is 0 Å². The van der Waals surface area contributed by atoms with E-state index in [4.69, 9.17) is 0 Å². The van der Waals surface area contributed by atoms with Gasteiger partial charge in [-0.05, 0) is 18.2 Å². The van der Waals surface area contributed by atoms with Gasteiger partial charge in [0.15, 0.2) is 6.20 Å². The summed E-state index contributed by atoms with van der Waals surface area (Å²) < 4.78 is 3.19. The van der Waals surface area contributed by atoms with Crippen LogP contribution in [0.15, 0.2) is 59.5 Å². The molecule has 118 valence electrons. The van der Waals surface area contributed by atoms with Crippen molar-refractivity contribution in [3.05, 3.63) is 75.2 Å². The second-order valence-corrected chi connectivity index (χ2v) is 5.58. The van der Waals surface area contributed by atoms with Gasteiger partial charge >= 0.3 is 5.56 Å². The maximum absolute atomic E-state index is 12.8. The third-order valence-corrected chi connectivity index (χ3v) is 4.10. The van der Waals surface area contributed by atoms with Crippen molar-refractivity contribution >= 4 is 27.5 Å². The van der Waals surface area contributed by atoms with Crippen LogP contribution in [-0.2, 0) is 7.05 Å². The molecule has 4 aromatic rings. The Morgan fingerprint density at radius 1 is 1.12 bits per heavy atom. The molecular weight excluding hydrogens is 308 g/mol. The van der Waals surface area contributed by atoms with Gasteiger partial charge in [0, 0.05) is 22.9 Å². The number of pyridine rings is 1. The second kappa shape index (κ2) is 5.02. The van der Waals surface area contributed by atoms with Crippen molar-refractivity contribution in [3.8, 4) is 5.69 Å². The van der Waals surface area contributed by atoms with Crippen molar-refractivity contribution in [3.63, 3.8) is 0 Å². The first-order valence-electron chi connectivity index (χ1n) is 7.33. The van der Waals surface area contributed by atoms with Gasteiger partial charge < -0.3 is 0 Å². The van der Waals surface area contributed by atoms with E-state index in [0.29, 0.717) is 11.2 Å². The first-order valence-corrected chi connectivity index (χ1v) is 7.33. The average molecular weight is 321 g/mol. The molecule has 0 bridgehead atoms. The van der Waals surface area contributed by atoms with Gasteiger partial charge in [-0.2, -0.15) is 4.57 Å². The zero-order valence-electron chi connectivity index (χ0n) is 12.8. The van der Waals surface area contributed by atoms with Crippen LogP contribution in [0.25, 0.3) is 27.5 Å². The van der Waals surface area contributed by atoms with E-state index in [2.05, 4.69) is 5.10 Å². The molecule has 0 aliphatic carbocycles. The molecule has 7 nitrogen and oxygen atoms in total. The fourth-order valence-electron chi connectivity index (χ4n) is 2.96. The number of rotatable bonds is 2. The molecule has 0 aliphatic rings. The number of nitro groups is 1. The van der Waals surface area contributed by atoms with Crippen molar-refractivity contribution in [2.45, 2.75) is 0 Å². The zero-order valence-corrected chi connectivity index (χ0v) is 12.8. The van der Waals surface area contributed by atoms with Crippen molar-refractivity contribution < 1.29 is 9.49 Å². The maximum Gasteiger partial charge on any atom is 0.344 e. The molecule has 1 N–H and O–H groups in total. The van der Waals surface area contributed by atoms with Crippen molar-refractivity contribution in [1.29, 1.82) is 0 Å². The van der Waals surface area contributed by atoms with Gasteiger partial charge in [0.25, 0.3) is 11.2 Å². The molecule has 0 saturated carbocycles. The predicted octanol–water partition coefficient (Wildman–Crippen LogP) is 2.20. The fourth-order valence-corrected chi connectivity index (χ4v) is 2.96. The summed E-state index contributed by atoms with van der Waals surface area (Å²) in [4.78, 5) is 23.1. The van der Waals surface area contributed by atoms with E-state index in [-0.39, 0.29) is 11.2 Å². The monoisotopic (exact) mass is 321 g/mol. The molecule has 0 atom stereocenters. The highest BCUT2D eigenvalue weighted by Gasteiger charge is 2.20. The van der Waals surface area contributed by atoms with Crippen LogP contribution in [0.3, 0.4) is 0 Å². The van der Waals surface area contributed by atoms with Crippen LogP contribution in [0.5, 0.6) is 0 Å². The van der Waals surface area contributed by atoms with Gasteiger partial charge in [-0.15, -0.1) is 0 Å². The van der Waals surface area contributed by atoms with Crippen LogP contribution < -0.4 is 10.1 Å². The van der Waals surface area contributed by atoms with Crippen LogP contribution in [-0.4, -0.2) is 14.7 Å². The zero-order chi connectivity index (χ0) is 16.8. The molecule has 0 unspecified atom stereocenters. The van der Waals surface area contributed by atoms with Crippen LogP contribution in [0.2, 0.25) is 0 Å². The predicted molar refractivity (Wildman–Crippen MR) is 89.2 cm³/mol. The van der Waals surface area contributed by atoms with Crippen molar-refractivity contribution in [2.24, 2.45) is 7.05 Å². The normalized spacial score (nSPS) is 11.2. The lowest BCUT2D eigenvalue weighted by atomic mass is 10.1. The molecule has 0 aliphatic heterocycles. The summed E-state index contributed by atoms with van der Waals surface area (Å²) in [6, 6.07) is 13.7. The Hall–Kier alpha value is -3.48. The summed E-state index contributed by atoms with van der Waals surface area (Å²) in [5, 5.41) is 15.9. The number of nitrogens with one attached hydrogen (secondary N) is 1. The molecule has 4 rings (SSSR count). The number of aryl methyl sites for hydroxylation is 1. The summed E-state index contributed by atoms with van der Waals surface area (Å²) in [6.45, 7) is 0. The van der Waals surface area contributed by atoms with Crippen LogP contribution in [0, 0.1) is 10.1 Å². The molecule has 2 aromatic heterocycles. The summed E-state index contributed by atoms with van der Waals surface area (Å²) in [5.41, 5.74) is 1.61. The highest BCUT2D eigenvalue weighted by Crippen LogP contribution is 2.20. The van der Waals surface area contributed by atoms with Crippen LogP contribution >= 0.6 is 0 Å². The summed E-state index contributed by atoms with van der Waals surface area (Å²) in [7, 11) is 1.82. The molecule has 0 spiro atoms. The minimum Gasteiger partial charge on any atom is -0.284 e. The summed E-state index contributed by atoms with van der Waals surface area (Å²) in [6.07, 6.45) is 1.91. The first-order chi connectivity index (χ1) is 11.6. The molecule has 2 aromatic carbocycles. The van der Waals surface area contributed by atoms with Gasteiger partial charge in [-0.1, -0.05) is 18.2 Å². The maximum atomic E-state index is 12.8. The second-order valence-electron chi connectivity index (χ2n) is 5.58. The van der Waals surface area contributed by atoms with Gasteiger partial charge in [0.1, 0.15) is 12.6 Å². The molecule has 0 saturated heterocycles. The number of aromatic amines is 1. The molecule has 24 heavy (non-hydrogen) atoms. The third kappa shape index (κ3) is 1.98. The summed E-state index contributed by atoms with van der Waals surface area (Å²) in [5.74, 6) is 0. The van der Waals surface area contributed by atoms with Gasteiger partial charge in [0.2, 0.25) is 0 Å². The van der Waals surface area contributed by atoms with E-state index in [0.717, 1.165) is 16.3 Å². The van der Waals surface area contributed by atoms with Gasteiger partial charge in [-0.3, -0.25) is 20.0 Å². The first kappa shape index (κ1) is 14.1. The van der Waals surface area contributed by atoms with Gasteiger partial charge in [0.05, 0.1) is 10.6 Å². The quantitative estimate of drug-likeness (QED) is 0.349. The Morgan fingerprint density at radius 3 is 2.54 bits per heavy atom. The Morgan fingerprint density at radius 2 is 1.83 bits per heavy atom. The van der Waals surface area contributed by atoms with Crippen LogP contribution in [0.4, 0.5) is 5.69 Å². The Balaban J connectivity index is 2.02. The molecule has 0 amide bonds. The molecule has 2 heterocycles. The number of hydrogen-bond donors (Lipinski definition) is 1. The van der Waals surface area contributed by atoms with E-state index in [1.165, 1.54) is 16.8 Å². The SMILES string of the molecule is C[n+]1cc2ccccc2c2[nH]n(-c3ccc([N+](=O)[O-])cc3)c(=O)c21. The number of benzene rings is 2. The molecule has 7 heteroatoms. The Bertz CT molecular complexity index is 1160. The highest BCUT2D eigenvalue weighted by atomic mass is 16.6. The fraction of sp³-hybridized carbons (Fsp3) is 0.0588. The van der Waals surface area contributed by atoms with E-state index in [1.807, 2.05) is 37.5 Å². The lowest BCUT2D eigenvalue weighted by Gasteiger charge is -2.00. The molecule has 0 fully saturated rings. The number of hydrogen-bond acceptors (Lipinski definition) is 3. The Kier molecular flexibility index (Phi) is 2.96. The standard InChI is InChI=1S/C17H12N4O3/c1-19-10-11-4-2-3-5-14(11)15-16(19)17(22)20(18-15)12-6-8-13(9-7-12)21(23)24/h2-10H,1H3/p+1. The number of nitrogens with zero attached hydrogens (tertiary/aromatic N) is 3. The molecular formula is C17H13N4O3+. The average Bonchev–Trinajstić information content (AvgIpc) is 2.93. The number of fused-ring (bicyclic) bond motifs is 3. The van der Waals surface area contributed by atoms with Crippen LogP contribution in [0.1, 0.15) is 0 Å². The van der Waals surface area contributed by atoms with Crippen molar-refractivity contribution in [2.75, 3.05) is 0 Å². The number of H-pyrrole nitrogens is 1. The summed E-state index contributed by atoms with van der Waals surface area (Å²) >= 11 is 0. The third-order valence-electron chi connectivity index (χ3n) is 4.10. The largest absolute Gasteiger partial charge is 0.344 e. The lowest BCUT2D eigenvalue weighted by Crippen LogP contribution is -2.33. The number of non-ortho nitro benzene ring substituents is 1. The minimum atomic E-state index is -0.467. The molecule has 0 radical (unpaired) electrons. The topological polar surface area (TPSA) is 84.8 Å².